The summed E-state index contributed by atoms with van der Waals surface area (Å²) in [5.41, 5.74) is 2.49. The van der Waals surface area contributed by atoms with Gasteiger partial charge in [-0.3, -0.25) is 0 Å². The van der Waals surface area contributed by atoms with Crippen LogP contribution in [0.15, 0.2) is 42.5 Å². The van der Waals surface area contributed by atoms with Crippen molar-refractivity contribution in [2.24, 2.45) is 0 Å². The lowest BCUT2D eigenvalue weighted by molar-refractivity contribution is 0.594. The predicted octanol–water partition coefficient (Wildman–Crippen LogP) is 4.42. The Hall–Kier alpha value is -1.03. The zero-order valence-corrected chi connectivity index (χ0v) is 13.3. The van der Waals surface area contributed by atoms with Crippen molar-refractivity contribution in [2.75, 3.05) is 0 Å². The highest BCUT2D eigenvalue weighted by molar-refractivity contribution is 7.89. The van der Waals surface area contributed by atoms with Gasteiger partial charge in [-0.15, -0.1) is 0 Å². The summed E-state index contributed by atoms with van der Waals surface area (Å²) < 4.78 is 24.4. The predicted molar refractivity (Wildman–Crippen MR) is 84.0 cm³/mol. The molecule has 0 bridgehead atoms. The van der Waals surface area contributed by atoms with Crippen molar-refractivity contribution >= 4 is 33.0 Å². The van der Waals surface area contributed by atoms with E-state index in [2.05, 4.69) is 0 Å². The molecule has 0 amide bonds. The Bertz CT molecular complexity index is 724. The lowest BCUT2D eigenvalue weighted by Gasteiger charge is -2.06. The molecule has 0 fully saturated rings. The average Bonchev–Trinajstić information content (AvgIpc) is 2.33. The number of sulfone groups is 1. The summed E-state index contributed by atoms with van der Waals surface area (Å²) >= 11 is 11.7. The third-order valence-electron chi connectivity index (χ3n) is 2.84. The topological polar surface area (TPSA) is 34.1 Å². The van der Waals surface area contributed by atoms with E-state index in [4.69, 9.17) is 23.2 Å². The third-order valence-corrected chi connectivity index (χ3v) is 5.13. The summed E-state index contributed by atoms with van der Waals surface area (Å²) in [4.78, 5) is 0. The van der Waals surface area contributed by atoms with Gasteiger partial charge in [0.1, 0.15) is 0 Å². The standard InChI is InChI=1S/C15H14Cl2O2S/c1-11-3-2-4-12(7-11)9-20(18,19)10-13-5-6-14(16)15(17)8-13/h2-8H,9-10H2,1H3. The van der Waals surface area contributed by atoms with E-state index in [0.717, 1.165) is 11.1 Å². The zero-order valence-electron chi connectivity index (χ0n) is 10.9. The van der Waals surface area contributed by atoms with Crippen LogP contribution in [0.4, 0.5) is 0 Å². The van der Waals surface area contributed by atoms with Gasteiger partial charge < -0.3 is 0 Å². The molecule has 2 aromatic carbocycles. The smallest absolute Gasteiger partial charge is 0.158 e. The molecule has 0 aliphatic carbocycles. The van der Waals surface area contributed by atoms with E-state index in [9.17, 15) is 8.42 Å². The maximum atomic E-state index is 12.2. The van der Waals surface area contributed by atoms with Gasteiger partial charge in [0.15, 0.2) is 9.84 Å². The van der Waals surface area contributed by atoms with Crippen molar-refractivity contribution in [3.05, 3.63) is 69.2 Å². The van der Waals surface area contributed by atoms with Gasteiger partial charge in [-0.2, -0.15) is 0 Å². The molecule has 5 heteroatoms. The molecule has 0 aliphatic rings. The monoisotopic (exact) mass is 328 g/mol. The van der Waals surface area contributed by atoms with Gasteiger partial charge in [-0.05, 0) is 30.2 Å². The quantitative estimate of drug-likeness (QED) is 0.832. The van der Waals surface area contributed by atoms with E-state index in [-0.39, 0.29) is 11.5 Å². The highest BCUT2D eigenvalue weighted by Crippen LogP contribution is 2.24. The Kier molecular flexibility index (Phi) is 4.74. The van der Waals surface area contributed by atoms with E-state index in [1.54, 1.807) is 18.2 Å². The van der Waals surface area contributed by atoms with Crippen molar-refractivity contribution < 1.29 is 8.42 Å². The van der Waals surface area contributed by atoms with Crippen LogP contribution in [0.25, 0.3) is 0 Å². The van der Waals surface area contributed by atoms with Gasteiger partial charge >= 0.3 is 0 Å². The van der Waals surface area contributed by atoms with E-state index >= 15 is 0 Å². The van der Waals surface area contributed by atoms with Crippen LogP contribution in [0.1, 0.15) is 16.7 Å². The van der Waals surface area contributed by atoms with Gasteiger partial charge in [-0.1, -0.05) is 59.1 Å². The van der Waals surface area contributed by atoms with Crippen molar-refractivity contribution in [2.45, 2.75) is 18.4 Å². The number of hydrogen-bond donors (Lipinski definition) is 0. The van der Waals surface area contributed by atoms with Crippen molar-refractivity contribution in [1.29, 1.82) is 0 Å². The van der Waals surface area contributed by atoms with Crippen molar-refractivity contribution in [3.8, 4) is 0 Å². The van der Waals surface area contributed by atoms with Gasteiger partial charge in [0.2, 0.25) is 0 Å². The SMILES string of the molecule is Cc1cccc(CS(=O)(=O)Cc2ccc(Cl)c(Cl)c2)c1. The van der Waals surface area contributed by atoms with Crippen LogP contribution >= 0.6 is 23.2 Å². The Balaban J connectivity index is 2.17. The molecular formula is C15H14Cl2O2S. The fourth-order valence-electron chi connectivity index (χ4n) is 1.99. The van der Waals surface area contributed by atoms with Crippen molar-refractivity contribution in [3.63, 3.8) is 0 Å². The molecule has 0 saturated carbocycles. The summed E-state index contributed by atoms with van der Waals surface area (Å²) in [6.07, 6.45) is 0. The molecule has 0 spiro atoms. The van der Waals surface area contributed by atoms with Crippen LogP contribution in [0.2, 0.25) is 10.0 Å². The summed E-state index contributed by atoms with van der Waals surface area (Å²) in [6, 6.07) is 12.4. The third kappa shape index (κ3) is 4.23. The highest BCUT2D eigenvalue weighted by atomic mass is 35.5. The number of rotatable bonds is 4. The Morgan fingerprint density at radius 2 is 1.55 bits per heavy atom. The lowest BCUT2D eigenvalue weighted by atomic mass is 10.2. The Morgan fingerprint density at radius 1 is 0.900 bits per heavy atom. The first-order valence-corrected chi connectivity index (χ1v) is 8.63. The second kappa shape index (κ2) is 6.17. The van der Waals surface area contributed by atoms with E-state index in [1.807, 2.05) is 31.2 Å². The summed E-state index contributed by atoms with van der Waals surface area (Å²) in [6.45, 7) is 1.94. The second-order valence-electron chi connectivity index (χ2n) is 4.77. The van der Waals surface area contributed by atoms with Crippen LogP contribution < -0.4 is 0 Å². The minimum absolute atomic E-state index is 0.0227. The Morgan fingerprint density at radius 3 is 2.15 bits per heavy atom. The normalized spacial score (nSPS) is 11.6. The largest absolute Gasteiger partial charge is 0.228 e. The number of hydrogen-bond acceptors (Lipinski definition) is 2. The first-order chi connectivity index (χ1) is 9.35. The molecule has 0 heterocycles. The minimum atomic E-state index is -3.24. The molecule has 0 radical (unpaired) electrons. The molecule has 0 saturated heterocycles. The fourth-order valence-corrected chi connectivity index (χ4v) is 3.79. The van der Waals surface area contributed by atoms with Gasteiger partial charge in [0, 0.05) is 0 Å². The molecular weight excluding hydrogens is 315 g/mol. The molecule has 0 atom stereocenters. The number of aryl methyl sites for hydroxylation is 1. The fraction of sp³-hybridized carbons (Fsp3) is 0.200. The van der Waals surface area contributed by atoms with Crippen LogP contribution in [-0.4, -0.2) is 8.42 Å². The molecule has 106 valence electrons. The zero-order chi connectivity index (χ0) is 14.8. The summed E-state index contributed by atoms with van der Waals surface area (Å²) in [5.74, 6) is -0.0211. The van der Waals surface area contributed by atoms with E-state index < -0.39 is 9.84 Å². The lowest BCUT2D eigenvalue weighted by Crippen LogP contribution is -2.07. The number of benzene rings is 2. The molecule has 0 unspecified atom stereocenters. The first-order valence-electron chi connectivity index (χ1n) is 6.06. The minimum Gasteiger partial charge on any atom is -0.228 e. The van der Waals surface area contributed by atoms with Crippen LogP contribution in [0.3, 0.4) is 0 Å². The van der Waals surface area contributed by atoms with Gasteiger partial charge in [-0.25, -0.2) is 8.42 Å². The number of halogens is 2. The maximum Gasteiger partial charge on any atom is 0.158 e. The highest BCUT2D eigenvalue weighted by Gasteiger charge is 2.14. The molecule has 0 aromatic heterocycles. The van der Waals surface area contributed by atoms with E-state index in [1.165, 1.54) is 0 Å². The molecule has 2 rings (SSSR count). The summed E-state index contributed by atoms with van der Waals surface area (Å²) in [5, 5.41) is 0.793. The molecule has 0 N–H and O–H groups in total. The van der Waals surface area contributed by atoms with Crippen molar-refractivity contribution in [1.82, 2.24) is 0 Å². The average molecular weight is 329 g/mol. The Labute approximate surface area is 129 Å². The van der Waals surface area contributed by atoms with Crippen LogP contribution in [-0.2, 0) is 21.3 Å². The van der Waals surface area contributed by atoms with Gasteiger partial charge in [0.25, 0.3) is 0 Å². The second-order valence-corrected chi connectivity index (χ2v) is 7.65. The van der Waals surface area contributed by atoms with Gasteiger partial charge in [0.05, 0.1) is 21.6 Å². The molecule has 2 nitrogen and oxygen atoms in total. The van der Waals surface area contributed by atoms with Crippen LogP contribution in [0.5, 0.6) is 0 Å². The van der Waals surface area contributed by atoms with E-state index in [0.29, 0.717) is 15.6 Å². The molecule has 2 aromatic rings. The molecule has 0 aliphatic heterocycles. The summed E-state index contributed by atoms with van der Waals surface area (Å²) in [7, 11) is -3.24. The van der Waals surface area contributed by atoms with Crippen LogP contribution in [0, 0.1) is 6.92 Å². The maximum absolute atomic E-state index is 12.2. The molecule has 20 heavy (non-hydrogen) atoms. The first kappa shape index (κ1) is 15.4.